The maximum atomic E-state index is 11.8. The van der Waals surface area contributed by atoms with Gasteiger partial charge in [0, 0.05) is 12.1 Å². The third-order valence-electron chi connectivity index (χ3n) is 3.20. The van der Waals surface area contributed by atoms with Crippen LogP contribution in [0.4, 0.5) is 0 Å². The molecule has 1 aromatic carbocycles. The zero-order valence-electron chi connectivity index (χ0n) is 13.3. The predicted octanol–water partition coefficient (Wildman–Crippen LogP) is 2.40. The van der Waals surface area contributed by atoms with Crippen molar-refractivity contribution >= 4 is 5.91 Å². The SMILES string of the molecule is CCCC(C)NC(=O)COc1ccc([C@@H](C)N)cc1OC. The number of benzene rings is 1. The summed E-state index contributed by atoms with van der Waals surface area (Å²) in [6.07, 6.45) is 1.99. The van der Waals surface area contributed by atoms with E-state index >= 15 is 0 Å². The Morgan fingerprint density at radius 1 is 1.33 bits per heavy atom. The van der Waals surface area contributed by atoms with Crippen molar-refractivity contribution in [3.05, 3.63) is 23.8 Å². The van der Waals surface area contributed by atoms with E-state index in [-0.39, 0.29) is 24.6 Å². The van der Waals surface area contributed by atoms with Crippen LogP contribution in [0.25, 0.3) is 0 Å². The molecule has 1 amide bonds. The molecular formula is C16H26N2O3. The number of amides is 1. The molecule has 0 radical (unpaired) electrons. The van der Waals surface area contributed by atoms with Crippen LogP contribution in [-0.4, -0.2) is 25.7 Å². The molecule has 2 atom stereocenters. The van der Waals surface area contributed by atoms with Gasteiger partial charge < -0.3 is 20.5 Å². The molecule has 118 valence electrons. The zero-order valence-corrected chi connectivity index (χ0v) is 13.3. The van der Waals surface area contributed by atoms with Crippen LogP contribution in [0.5, 0.6) is 11.5 Å². The van der Waals surface area contributed by atoms with Gasteiger partial charge in [-0.3, -0.25) is 4.79 Å². The molecule has 0 bridgehead atoms. The lowest BCUT2D eigenvalue weighted by molar-refractivity contribution is -0.123. The van der Waals surface area contributed by atoms with Crippen LogP contribution < -0.4 is 20.5 Å². The molecule has 21 heavy (non-hydrogen) atoms. The van der Waals surface area contributed by atoms with Gasteiger partial charge in [-0.05, 0) is 38.0 Å². The molecular weight excluding hydrogens is 268 g/mol. The second-order valence-electron chi connectivity index (χ2n) is 5.24. The average molecular weight is 294 g/mol. The van der Waals surface area contributed by atoms with Crippen LogP contribution in [0.2, 0.25) is 0 Å². The fraction of sp³-hybridized carbons (Fsp3) is 0.562. The van der Waals surface area contributed by atoms with Crippen molar-refractivity contribution < 1.29 is 14.3 Å². The maximum absolute atomic E-state index is 11.8. The summed E-state index contributed by atoms with van der Waals surface area (Å²) in [5.41, 5.74) is 6.79. The second-order valence-corrected chi connectivity index (χ2v) is 5.24. The summed E-state index contributed by atoms with van der Waals surface area (Å²) in [4.78, 5) is 11.8. The predicted molar refractivity (Wildman–Crippen MR) is 83.6 cm³/mol. The van der Waals surface area contributed by atoms with Crippen LogP contribution in [0.1, 0.15) is 45.2 Å². The Morgan fingerprint density at radius 3 is 2.62 bits per heavy atom. The molecule has 1 unspecified atom stereocenters. The van der Waals surface area contributed by atoms with E-state index in [1.807, 2.05) is 26.0 Å². The van der Waals surface area contributed by atoms with E-state index < -0.39 is 0 Å². The first kappa shape index (κ1) is 17.3. The summed E-state index contributed by atoms with van der Waals surface area (Å²) in [5.74, 6) is 0.994. The quantitative estimate of drug-likeness (QED) is 0.772. The Balaban J connectivity index is 2.60. The summed E-state index contributed by atoms with van der Waals surface area (Å²) < 4.78 is 10.8. The van der Waals surface area contributed by atoms with Crippen molar-refractivity contribution in [3.8, 4) is 11.5 Å². The first-order chi connectivity index (χ1) is 9.97. The van der Waals surface area contributed by atoms with Gasteiger partial charge in [0.1, 0.15) is 0 Å². The summed E-state index contributed by atoms with van der Waals surface area (Å²) in [6, 6.07) is 5.57. The molecule has 0 aliphatic carbocycles. The molecule has 3 N–H and O–H groups in total. The monoisotopic (exact) mass is 294 g/mol. The smallest absolute Gasteiger partial charge is 0.258 e. The van der Waals surface area contributed by atoms with E-state index in [1.54, 1.807) is 13.2 Å². The van der Waals surface area contributed by atoms with E-state index in [1.165, 1.54) is 0 Å². The van der Waals surface area contributed by atoms with E-state index in [2.05, 4.69) is 12.2 Å². The minimum absolute atomic E-state index is 0.0259. The normalized spacial score (nSPS) is 13.4. The van der Waals surface area contributed by atoms with Gasteiger partial charge in [-0.1, -0.05) is 19.4 Å². The Labute approximate surface area is 126 Å². The number of ether oxygens (including phenoxy) is 2. The summed E-state index contributed by atoms with van der Waals surface area (Å²) >= 11 is 0. The van der Waals surface area contributed by atoms with Crippen LogP contribution in [-0.2, 0) is 4.79 Å². The van der Waals surface area contributed by atoms with E-state index in [0.29, 0.717) is 11.5 Å². The standard InChI is InChI=1S/C16H26N2O3/c1-5-6-11(2)18-16(19)10-21-14-8-7-13(12(3)17)9-15(14)20-4/h7-9,11-12H,5-6,10,17H2,1-4H3,(H,18,19)/t11?,12-/m1/s1. The number of carbonyl (C=O) groups excluding carboxylic acids is 1. The number of nitrogens with two attached hydrogens (primary N) is 1. The minimum atomic E-state index is -0.130. The molecule has 1 aromatic rings. The van der Waals surface area contributed by atoms with Gasteiger partial charge >= 0.3 is 0 Å². The number of hydrogen-bond acceptors (Lipinski definition) is 4. The molecule has 0 heterocycles. The molecule has 0 aromatic heterocycles. The fourth-order valence-corrected chi connectivity index (χ4v) is 2.05. The third kappa shape index (κ3) is 5.63. The number of nitrogens with one attached hydrogen (secondary N) is 1. The molecule has 0 aliphatic rings. The summed E-state index contributed by atoms with van der Waals surface area (Å²) in [5, 5.41) is 2.89. The highest BCUT2D eigenvalue weighted by atomic mass is 16.5. The van der Waals surface area contributed by atoms with Crippen molar-refractivity contribution in [2.75, 3.05) is 13.7 Å². The zero-order chi connectivity index (χ0) is 15.8. The number of carbonyl (C=O) groups is 1. The first-order valence-corrected chi connectivity index (χ1v) is 7.33. The largest absolute Gasteiger partial charge is 0.493 e. The van der Waals surface area contributed by atoms with Crippen molar-refractivity contribution in [3.63, 3.8) is 0 Å². The van der Waals surface area contributed by atoms with Crippen LogP contribution in [0.3, 0.4) is 0 Å². The summed E-state index contributed by atoms with van der Waals surface area (Å²) in [6.45, 7) is 5.95. The first-order valence-electron chi connectivity index (χ1n) is 7.33. The highest BCUT2D eigenvalue weighted by Crippen LogP contribution is 2.29. The lowest BCUT2D eigenvalue weighted by Crippen LogP contribution is -2.35. The molecule has 1 rings (SSSR count). The average Bonchev–Trinajstić information content (AvgIpc) is 2.44. The van der Waals surface area contributed by atoms with Crippen molar-refractivity contribution in [1.82, 2.24) is 5.32 Å². The van der Waals surface area contributed by atoms with Crippen molar-refractivity contribution in [1.29, 1.82) is 0 Å². The Bertz CT molecular complexity index is 461. The Kier molecular flexibility index (Phi) is 7.02. The second kappa shape index (κ2) is 8.52. The highest BCUT2D eigenvalue weighted by Gasteiger charge is 2.11. The Hall–Kier alpha value is -1.75. The van der Waals surface area contributed by atoms with Crippen LogP contribution in [0, 0.1) is 0 Å². The molecule has 0 fully saturated rings. The van der Waals surface area contributed by atoms with E-state index in [4.69, 9.17) is 15.2 Å². The molecule has 5 heteroatoms. The molecule has 5 nitrogen and oxygen atoms in total. The van der Waals surface area contributed by atoms with E-state index in [0.717, 1.165) is 18.4 Å². The Morgan fingerprint density at radius 2 is 2.05 bits per heavy atom. The lowest BCUT2D eigenvalue weighted by Gasteiger charge is -2.15. The lowest BCUT2D eigenvalue weighted by atomic mass is 10.1. The van der Waals surface area contributed by atoms with Crippen LogP contribution in [0.15, 0.2) is 18.2 Å². The van der Waals surface area contributed by atoms with Gasteiger partial charge in [0.25, 0.3) is 5.91 Å². The number of methoxy groups -OCH3 is 1. The minimum Gasteiger partial charge on any atom is -0.493 e. The fourth-order valence-electron chi connectivity index (χ4n) is 2.05. The van der Waals surface area contributed by atoms with E-state index in [9.17, 15) is 4.79 Å². The summed E-state index contributed by atoms with van der Waals surface area (Å²) in [7, 11) is 1.57. The van der Waals surface area contributed by atoms with Crippen molar-refractivity contribution in [2.45, 2.75) is 45.7 Å². The number of rotatable bonds is 8. The van der Waals surface area contributed by atoms with Gasteiger partial charge in [0.2, 0.25) is 0 Å². The molecule has 0 spiro atoms. The van der Waals surface area contributed by atoms with Gasteiger partial charge in [0.15, 0.2) is 18.1 Å². The van der Waals surface area contributed by atoms with Gasteiger partial charge in [-0.2, -0.15) is 0 Å². The van der Waals surface area contributed by atoms with Crippen LogP contribution >= 0.6 is 0 Å². The third-order valence-corrected chi connectivity index (χ3v) is 3.20. The molecule has 0 aliphatic heterocycles. The van der Waals surface area contributed by atoms with Crippen molar-refractivity contribution in [2.24, 2.45) is 5.73 Å². The molecule has 0 saturated carbocycles. The number of hydrogen-bond donors (Lipinski definition) is 2. The van der Waals surface area contributed by atoms with Gasteiger partial charge in [-0.25, -0.2) is 0 Å². The topological polar surface area (TPSA) is 73.6 Å². The molecule has 0 saturated heterocycles. The van der Waals surface area contributed by atoms with Gasteiger partial charge in [-0.15, -0.1) is 0 Å². The van der Waals surface area contributed by atoms with Gasteiger partial charge in [0.05, 0.1) is 7.11 Å². The highest BCUT2D eigenvalue weighted by molar-refractivity contribution is 5.77. The maximum Gasteiger partial charge on any atom is 0.258 e.